The average Bonchev–Trinajstić information content (AvgIpc) is 3.80. The first kappa shape index (κ1) is 30.7. The van der Waals surface area contributed by atoms with Crippen LogP contribution in [-0.4, -0.2) is 0 Å². The number of fused-ring (bicyclic) bond motifs is 10. The van der Waals surface area contributed by atoms with Crippen LogP contribution >= 0.6 is 11.3 Å². The smallest absolute Gasteiger partial charge is 0.136 e. The highest BCUT2D eigenvalue weighted by atomic mass is 32.1. The maximum absolute atomic E-state index is 6.36. The number of nitrogens with zero attached hydrogens (tertiary/aromatic N) is 2. The lowest BCUT2D eigenvalue weighted by atomic mass is 9.95. The zero-order valence-corrected chi connectivity index (χ0v) is 30.0. The highest BCUT2D eigenvalue weighted by Crippen LogP contribution is 2.47. The Morgan fingerprint density at radius 2 is 0.926 bits per heavy atom. The zero-order chi connectivity index (χ0) is 35.6. The summed E-state index contributed by atoms with van der Waals surface area (Å²) >= 11 is 1.85. The highest BCUT2D eigenvalue weighted by Gasteiger charge is 2.22. The second-order valence-corrected chi connectivity index (χ2v) is 14.8. The maximum atomic E-state index is 6.36. The number of benzene rings is 9. The summed E-state index contributed by atoms with van der Waals surface area (Å²) in [5, 5.41) is 9.65. The fourth-order valence-corrected chi connectivity index (χ4v) is 9.37. The average molecular weight is 709 g/mol. The normalized spacial score (nSPS) is 11.7. The molecule has 54 heavy (non-hydrogen) atoms. The van der Waals surface area contributed by atoms with E-state index in [0.717, 1.165) is 56.1 Å². The van der Waals surface area contributed by atoms with Crippen molar-refractivity contribution in [3.63, 3.8) is 0 Å². The van der Waals surface area contributed by atoms with Gasteiger partial charge < -0.3 is 14.2 Å². The Labute approximate surface area is 316 Å². The minimum Gasteiger partial charge on any atom is -0.456 e. The molecular formula is C50H32N2OS. The van der Waals surface area contributed by atoms with Gasteiger partial charge in [-0.25, -0.2) is 0 Å². The van der Waals surface area contributed by atoms with Gasteiger partial charge in [0.1, 0.15) is 11.2 Å². The Bertz CT molecular complexity index is 3180. The third kappa shape index (κ3) is 4.88. The molecule has 0 aliphatic rings. The van der Waals surface area contributed by atoms with Crippen molar-refractivity contribution in [2.45, 2.75) is 0 Å². The Morgan fingerprint density at radius 3 is 1.72 bits per heavy atom. The summed E-state index contributed by atoms with van der Waals surface area (Å²) in [5.74, 6) is 0. The van der Waals surface area contributed by atoms with Crippen LogP contribution in [0.15, 0.2) is 199 Å². The molecule has 0 aliphatic carbocycles. The predicted octanol–water partition coefficient (Wildman–Crippen LogP) is 15.2. The van der Waals surface area contributed by atoms with Crippen LogP contribution in [-0.2, 0) is 0 Å². The van der Waals surface area contributed by atoms with E-state index in [1.54, 1.807) is 0 Å². The molecule has 0 fully saturated rings. The van der Waals surface area contributed by atoms with E-state index in [4.69, 9.17) is 4.42 Å². The number of anilines is 6. The van der Waals surface area contributed by atoms with Crippen LogP contribution < -0.4 is 9.80 Å². The van der Waals surface area contributed by atoms with E-state index < -0.39 is 0 Å². The second-order valence-electron chi connectivity index (χ2n) is 13.7. The molecule has 2 heterocycles. The summed E-state index contributed by atoms with van der Waals surface area (Å²) in [4.78, 5) is 4.77. The summed E-state index contributed by atoms with van der Waals surface area (Å²) in [6.07, 6.45) is 0. The third-order valence-electron chi connectivity index (χ3n) is 10.6. The Kier molecular flexibility index (Phi) is 7.04. The number of rotatable bonds is 6. The number of hydrogen-bond acceptors (Lipinski definition) is 4. The topological polar surface area (TPSA) is 19.6 Å². The number of para-hydroxylation sites is 3. The first-order valence-electron chi connectivity index (χ1n) is 18.3. The van der Waals surface area contributed by atoms with Crippen molar-refractivity contribution in [1.82, 2.24) is 0 Å². The quantitative estimate of drug-likeness (QED) is 0.160. The monoisotopic (exact) mass is 708 g/mol. The van der Waals surface area contributed by atoms with E-state index in [9.17, 15) is 0 Å². The first-order chi connectivity index (χ1) is 26.8. The van der Waals surface area contributed by atoms with Gasteiger partial charge in [-0.2, -0.15) is 0 Å². The van der Waals surface area contributed by atoms with Crippen LogP contribution in [0.1, 0.15) is 0 Å². The molecule has 0 saturated heterocycles. The Morgan fingerprint density at radius 1 is 0.333 bits per heavy atom. The lowest BCUT2D eigenvalue weighted by molar-refractivity contribution is 0.669. The molecule has 11 rings (SSSR count). The van der Waals surface area contributed by atoms with Gasteiger partial charge in [0.2, 0.25) is 0 Å². The molecule has 0 N–H and O–H groups in total. The Balaban J connectivity index is 1.13. The fraction of sp³-hybridized carbons (Fsp3) is 0. The molecule has 4 heteroatoms. The van der Waals surface area contributed by atoms with Crippen molar-refractivity contribution in [2.75, 3.05) is 9.80 Å². The highest BCUT2D eigenvalue weighted by molar-refractivity contribution is 7.25. The van der Waals surface area contributed by atoms with E-state index in [2.05, 4.69) is 198 Å². The van der Waals surface area contributed by atoms with Crippen LogP contribution in [0.25, 0.3) is 63.7 Å². The van der Waals surface area contributed by atoms with Crippen molar-refractivity contribution in [3.05, 3.63) is 194 Å². The lowest BCUT2D eigenvalue weighted by Gasteiger charge is -2.30. The van der Waals surface area contributed by atoms with Gasteiger partial charge in [-0.05, 0) is 89.6 Å². The van der Waals surface area contributed by atoms with Crippen molar-refractivity contribution in [2.24, 2.45) is 0 Å². The van der Waals surface area contributed by atoms with Gasteiger partial charge >= 0.3 is 0 Å². The van der Waals surface area contributed by atoms with Crippen LogP contribution in [0.5, 0.6) is 0 Å². The lowest BCUT2D eigenvalue weighted by Crippen LogP contribution is -2.13. The van der Waals surface area contributed by atoms with E-state index in [1.807, 2.05) is 17.4 Å². The maximum Gasteiger partial charge on any atom is 0.136 e. The molecule has 0 radical (unpaired) electrons. The standard InChI is InChI=1S/C50H32N2OS/c1-3-14-34(15-4-1)51(38-27-28-41-40-21-10-12-25-47(40)54-48(41)32-38)36-18-13-19-37(31-36)52(35-16-5-2-6-17-35)44-30-33-26-29-46-50(43-23-9-11-24-45(43)53-46)49(33)42-22-8-7-20-39(42)44/h1-32H. The van der Waals surface area contributed by atoms with Gasteiger partial charge in [0.15, 0.2) is 0 Å². The van der Waals surface area contributed by atoms with Crippen LogP contribution in [0.3, 0.4) is 0 Å². The number of hydrogen-bond donors (Lipinski definition) is 0. The van der Waals surface area contributed by atoms with E-state index in [1.165, 1.54) is 41.7 Å². The van der Waals surface area contributed by atoms with Crippen molar-refractivity contribution in [1.29, 1.82) is 0 Å². The van der Waals surface area contributed by atoms with Crippen LogP contribution in [0.4, 0.5) is 34.1 Å². The molecule has 3 nitrogen and oxygen atoms in total. The van der Waals surface area contributed by atoms with Gasteiger partial charge in [0, 0.05) is 70.2 Å². The summed E-state index contributed by atoms with van der Waals surface area (Å²) in [7, 11) is 0. The van der Waals surface area contributed by atoms with Crippen LogP contribution in [0, 0.1) is 0 Å². The summed E-state index contributed by atoms with van der Waals surface area (Å²) < 4.78 is 8.94. The summed E-state index contributed by atoms with van der Waals surface area (Å²) in [6.45, 7) is 0. The molecule has 0 unspecified atom stereocenters. The summed E-state index contributed by atoms with van der Waals surface area (Å²) in [6, 6.07) is 69.7. The SMILES string of the molecule is c1ccc(N(c2cccc(N(c3ccccc3)c3cc4ccc5oc6ccccc6c5c4c4ccccc34)c2)c2ccc3c(c2)sc2ccccc23)cc1. The fourth-order valence-electron chi connectivity index (χ4n) is 8.23. The van der Waals surface area contributed by atoms with E-state index in [-0.39, 0.29) is 0 Å². The van der Waals surface area contributed by atoms with Gasteiger partial charge in [-0.1, -0.05) is 115 Å². The van der Waals surface area contributed by atoms with Gasteiger partial charge in [0.05, 0.1) is 5.69 Å². The predicted molar refractivity (Wildman–Crippen MR) is 231 cm³/mol. The molecular weight excluding hydrogens is 677 g/mol. The number of furan rings is 1. The zero-order valence-electron chi connectivity index (χ0n) is 29.2. The molecule has 0 amide bonds. The summed E-state index contributed by atoms with van der Waals surface area (Å²) in [5.41, 5.74) is 8.40. The molecule has 9 aromatic carbocycles. The molecule has 0 saturated carbocycles. The second kappa shape index (κ2) is 12.4. The van der Waals surface area contributed by atoms with Crippen molar-refractivity contribution >= 4 is 109 Å². The van der Waals surface area contributed by atoms with Crippen molar-refractivity contribution < 1.29 is 4.42 Å². The molecule has 0 spiro atoms. The molecule has 0 bridgehead atoms. The molecule has 2 aromatic heterocycles. The molecule has 0 atom stereocenters. The molecule has 11 aromatic rings. The molecule has 254 valence electrons. The van der Waals surface area contributed by atoms with E-state index >= 15 is 0 Å². The minimum absolute atomic E-state index is 0.907. The minimum atomic E-state index is 0.907. The Hall–Kier alpha value is -6.88. The van der Waals surface area contributed by atoms with Crippen LogP contribution in [0.2, 0.25) is 0 Å². The van der Waals surface area contributed by atoms with Gasteiger partial charge in [0.25, 0.3) is 0 Å². The first-order valence-corrected chi connectivity index (χ1v) is 19.1. The van der Waals surface area contributed by atoms with Gasteiger partial charge in [-0.3, -0.25) is 0 Å². The molecule has 0 aliphatic heterocycles. The van der Waals surface area contributed by atoms with Crippen molar-refractivity contribution in [3.8, 4) is 0 Å². The largest absolute Gasteiger partial charge is 0.456 e. The van der Waals surface area contributed by atoms with Gasteiger partial charge in [-0.15, -0.1) is 11.3 Å². The number of thiophene rings is 1. The van der Waals surface area contributed by atoms with E-state index in [0.29, 0.717) is 0 Å². The third-order valence-corrected chi connectivity index (χ3v) is 11.7.